The number of carbonyl (C=O) groups excluding carboxylic acids is 1. The number of carbonyl (C=O) groups is 1. The van der Waals surface area contributed by atoms with Crippen LogP contribution in [0.15, 0.2) is 11.6 Å². The van der Waals surface area contributed by atoms with Crippen LogP contribution in [0.5, 0.6) is 5.19 Å². The average Bonchev–Trinajstić information content (AvgIpc) is 2.87. The zero-order valence-electron chi connectivity index (χ0n) is 11.1. The van der Waals surface area contributed by atoms with Crippen molar-refractivity contribution in [2.24, 2.45) is 5.92 Å². The van der Waals surface area contributed by atoms with E-state index in [0.29, 0.717) is 17.0 Å². The van der Waals surface area contributed by atoms with E-state index in [9.17, 15) is 4.79 Å². The minimum Gasteiger partial charge on any atom is -0.463 e. The van der Waals surface area contributed by atoms with Crippen molar-refractivity contribution < 1.29 is 9.53 Å². The number of thiazole rings is 1. The molecule has 0 aromatic carbocycles. The molecule has 1 amide bonds. The molecule has 0 N–H and O–H groups in total. The van der Waals surface area contributed by atoms with Gasteiger partial charge in [0, 0.05) is 18.0 Å². The Morgan fingerprint density at radius 3 is 2.84 bits per heavy atom. The predicted molar refractivity (Wildman–Crippen MR) is 74.3 cm³/mol. The molecule has 0 spiro atoms. The first kappa shape index (κ1) is 12.9. The Bertz CT molecular complexity index is 409. The number of ether oxygens (including phenoxy) is 1. The van der Waals surface area contributed by atoms with E-state index in [4.69, 9.17) is 4.74 Å². The second kappa shape index (κ2) is 5.90. The van der Waals surface area contributed by atoms with Gasteiger partial charge in [-0.1, -0.05) is 30.6 Å². The molecule has 1 aromatic heterocycles. The second-order valence-electron chi connectivity index (χ2n) is 5.54. The first-order chi connectivity index (χ1) is 9.31. The van der Waals surface area contributed by atoms with E-state index in [1.165, 1.54) is 43.4 Å². The molecule has 1 aliphatic heterocycles. The molecular formula is C14H20N2O2S. The fourth-order valence-electron chi connectivity index (χ4n) is 2.89. The van der Waals surface area contributed by atoms with E-state index in [1.54, 1.807) is 6.20 Å². The quantitative estimate of drug-likeness (QED) is 0.851. The van der Waals surface area contributed by atoms with Crippen LogP contribution in [0.2, 0.25) is 0 Å². The molecule has 4 nitrogen and oxygen atoms in total. The molecule has 2 aliphatic rings. The molecule has 0 atom stereocenters. The highest BCUT2D eigenvalue weighted by molar-refractivity contribution is 7.11. The lowest BCUT2D eigenvalue weighted by molar-refractivity contribution is -0.141. The third-order valence-electron chi connectivity index (χ3n) is 4.07. The predicted octanol–water partition coefficient (Wildman–Crippen LogP) is 2.70. The van der Waals surface area contributed by atoms with Gasteiger partial charge in [-0.25, -0.2) is 4.98 Å². The van der Waals surface area contributed by atoms with E-state index in [0.717, 1.165) is 19.5 Å². The summed E-state index contributed by atoms with van der Waals surface area (Å²) in [4.78, 5) is 18.1. The summed E-state index contributed by atoms with van der Waals surface area (Å²) in [7, 11) is 0. The van der Waals surface area contributed by atoms with Gasteiger partial charge in [-0.05, 0) is 18.8 Å². The van der Waals surface area contributed by atoms with E-state index in [-0.39, 0.29) is 6.10 Å². The first-order valence-corrected chi connectivity index (χ1v) is 8.03. The molecule has 0 radical (unpaired) electrons. The van der Waals surface area contributed by atoms with E-state index >= 15 is 0 Å². The number of likely N-dealkylation sites (tertiary alicyclic amines) is 1. The second-order valence-corrected chi connectivity index (χ2v) is 6.40. The number of rotatable bonds is 4. The Morgan fingerprint density at radius 2 is 2.16 bits per heavy atom. The smallest absolute Gasteiger partial charge is 0.273 e. The van der Waals surface area contributed by atoms with Crippen LogP contribution in [0.4, 0.5) is 0 Å². The van der Waals surface area contributed by atoms with Crippen molar-refractivity contribution in [3.8, 4) is 5.19 Å². The number of aromatic nitrogens is 1. The molecule has 2 heterocycles. The van der Waals surface area contributed by atoms with Gasteiger partial charge < -0.3 is 9.64 Å². The van der Waals surface area contributed by atoms with Crippen molar-refractivity contribution >= 4 is 17.2 Å². The lowest BCUT2D eigenvalue weighted by atomic mass is 9.86. The van der Waals surface area contributed by atoms with Crippen molar-refractivity contribution in [3.63, 3.8) is 0 Å². The fourth-order valence-corrected chi connectivity index (χ4v) is 3.45. The molecule has 0 bridgehead atoms. The van der Waals surface area contributed by atoms with Crippen LogP contribution < -0.4 is 4.74 Å². The summed E-state index contributed by atoms with van der Waals surface area (Å²) in [5.41, 5.74) is 0. The number of hydrogen-bond donors (Lipinski definition) is 0. The standard InChI is InChI=1S/C14H20N2O2S/c17-13(8-11-4-2-1-3-5-11)16-9-12(10-16)18-14-15-6-7-19-14/h6-7,11-12H,1-5,8-10H2. The highest BCUT2D eigenvalue weighted by Gasteiger charge is 2.33. The highest BCUT2D eigenvalue weighted by atomic mass is 32.1. The molecule has 2 fully saturated rings. The van der Waals surface area contributed by atoms with Crippen LogP contribution in [-0.4, -0.2) is 35.0 Å². The summed E-state index contributed by atoms with van der Waals surface area (Å²) in [6.07, 6.45) is 9.03. The maximum absolute atomic E-state index is 12.1. The maximum atomic E-state index is 12.1. The molecular weight excluding hydrogens is 260 g/mol. The summed E-state index contributed by atoms with van der Waals surface area (Å²) in [6, 6.07) is 0. The van der Waals surface area contributed by atoms with Crippen molar-refractivity contribution in [2.45, 2.75) is 44.6 Å². The summed E-state index contributed by atoms with van der Waals surface area (Å²) >= 11 is 1.50. The molecule has 1 saturated carbocycles. The van der Waals surface area contributed by atoms with Crippen LogP contribution in [0.25, 0.3) is 0 Å². The maximum Gasteiger partial charge on any atom is 0.273 e. The monoisotopic (exact) mass is 280 g/mol. The summed E-state index contributed by atoms with van der Waals surface area (Å²) in [5, 5.41) is 2.62. The van der Waals surface area contributed by atoms with Gasteiger partial charge in [-0.15, -0.1) is 0 Å². The Labute approximate surface area is 117 Å². The summed E-state index contributed by atoms with van der Waals surface area (Å²) < 4.78 is 5.67. The minimum absolute atomic E-state index is 0.140. The summed E-state index contributed by atoms with van der Waals surface area (Å²) in [5.74, 6) is 0.936. The third-order valence-corrected chi connectivity index (χ3v) is 4.73. The fraction of sp³-hybridized carbons (Fsp3) is 0.714. The van der Waals surface area contributed by atoms with E-state index < -0.39 is 0 Å². The summed E-state index contributed by atoms with van der Waals surface area (Å²) in [6.45, 7) is 1.45. The number of amides is 1. The molecule has 1 aliphatic carbocycles. The third kappa shape index (κ3) is 3.26. The van der Waals surface area contributed by atoms with Gasteiger partial charge in [-0.2, -0.15) is 0 Å². The van der Waals surface area contributed by atoms with Crippen LogP contribution >= 0.6 is 11.3 Å². The molecule has 19 heavy (non-hydrogen) atoms. The van der Waals surface area contributed by atoms with E-state index in [2.05, 4.69) is 4.98 Å². The largest absolute Gasteiger partial charge is 0.463 e. The topological polar surface area (TPSA) is 42.4 Å². The Hall–Kier alpha value is -1.10. The van der Waals surface area contributed by atoms with Gasteiger partial charge in [0.2, 0.25) is 5.91 Å². The number of hydrogen-bond acceptors (Lipinski definition) is 4. The van der Waals surface area contributed by atoms with Crippen molar-refractivity contribution in [2.75, 3.05) is 13.1 Å². The molecule has 1 aromatic rings. The molecule has 5 heteroatoms. The zero-order chi connectivity index (χ0) is 13.1. The SMILES string of the molecule is O=C(CC1CCCCC1)N1CC(Oc2nccs2)C1. The van der Waals surface area contributed by atoms with Gasteiger partial charge in [0.15, 0.2) is 0 Å². The lowest BCUT2D eigenvalue weighted by Crippen LogP contribution is -2.56. The van der Waals surface area contributed by atoms with Gasteiger partial charge >= 0.3 is 0 Å². The van der Waals surface area contributed by atoms with Gasteiger partial charge in [0.1, 0.15) is 6.10 Å². The van der Waals surface area contributed by atoms with Crippen LogP contribution in [-0.2, 0) is 4.79 Å². The normalized spacial score (nSPS) is 21.2. The number of nitrogens with zero attached hydrogens (tertiary/aromatic N) is 2. The van der Waals surface area contributed by atoms with Crippen molar-refractivity contribution in [1.82, 2.24) is 9.88 Å². The highest BCUT2D eigenvalue weighted by Crippen LogP contribution is 2.28. The Balaban J connectivity index is 1.39. The molecule has 0 unspecified atom stereocenters. The van der Waals surface area contributed by atoms with Crippen molar-refractivity contribution in [3.05, 3.63) is 11.6 Å². The van der Waals surface area contributed by atoms with Crippen LogP contribution in [0.3, 0.4) is 0 Å². The van der Waals surface area contributed by atoms with Crippen LogP contribution in [0.1, 0.15) is 38.5 Å². The molecule has 1 saturated heterocycles. The first-order valence-electron chi connectivity index (χ1n) is 7.15. The minimum atomic E-state index is 0.140. The van der Waals surface area contributed by atoms with Crippen LogP contribution in [0, 0.1) is 5.92 Å². The Kier molecular flexibility index (Phi) is 4.01. The average molecular weight is 280 g/mol. The molecule has 104 valence electrons. The van der Waals surface area contributed by atoms with Gasteiger partial charge in [-0.3, -0.25) is 4.79 Å². The van der Waals surface area contributed by atoms with E-state index in [1.807, 2.05) is 10.3 Å². The van der Waals surface area contributed by atoms with Gasteiger partial charge in [0.05, 0.1) is 13.1 Å². The Morgan fingerprint density at radius 1 is 1.37 bits per heavy atom. The zero-order valence-corrected chi connectivity index (χ0v) is 11.9. The van der Waals surface area contributed by atoms with Gasteiger partial charge in [0.25, 0.3) is 5.19 Å². The van der Waals surface area contributed by atoms with Crippen molar-refractivity contribution in [1.29, 1.82) is 0 Å². The molecule has 3 rings (SSSR count). The lowest BCUT2D eigenvalue weighted by Gasteiger charge is -2.39.